The number of nitrogens with one attached hydrogen (secondary N) is 3. The van der Waals surface area contributed by atoms with E-state index in [0.29, 0.717) is 97.4 Å². The predicted molar refractivity (Wildman–Crippen MR) is 445 cm³/mol. The summed E-state index contributed by atoms with van der Waals surface area (Å²) in [7, 11) is 0. The Morgan fingerprint density at radius 1 is 0.462 bits per heavy atom. The Morgan fingerprint density at radius 2 is 0.786 bits per heavy atom. The first-order valence-electron chi connectivity index (χ1n) is 38.8. The number of aliphatic hydroxyl groups excluding tert-OH is 1. The lowest BCUT2D eigenvalue weighted by molar-refractivity contribution is -0.388. The average molecular weight is 1690 g/mol. The molecule has 3 heterocycles. The van der Waals surface area contributed by atoms with Crippen LogP contribution in [0.1, 0.15) is 95.9 Å². The molecule has 0 unspecified atom stereocenters. The van der Waals surface area contributed by atoms with Gasteiger partial charge in [0.25, 0.3) is 11.4 Å². The topological polar surface area (TPSA) is 247 Å². The predicted octanol–water partition coefficient (Wildman–Crippen LogP) is 17.4. The van der Waals surface area contributed by atoms with Gasteiger partial charge in [-0.1, -0.05) is 89.5 Å². The Balaban J connectivity index is 0.000000185. The van der Waals surface area contributed by atoms with Gasteiger partial charge in [0.15, 0.2) is 0 Å². The van der Waals surface area contributed by atoms with Crippen molar-refractivity contribution in [1.29, 1.82) is 0 Å². The molecule has 0 bridgehead atoms. The van der Waals surface area contributed by atoms with Crippen molar-refractivity contribution in [2.24, 2.45) is 0 Å². The summed E-state index contributed by atoms with van der Waals surface area (Å²) in [6.45, 7) is 17.9. The van der Waals surface area contributed by atoms with Crippen molar-refractivity contribution in [1.82, 2.24) is 15.1 Å². The van der Waals surface area contributed by atoms with Crippen LogP contribution in [0.15, 0.2) is 182 Å². The van der Waals surface area contributed by atoms with Crippen LogP contribution in [0.3, 0.4) is 0 Å². The minimum Gasteiger partial charge on any atom is -0.489 e. The van der Waals surface area contributed by atoms with Crippen molar-refractivity contribution in [3.8, 4) is 17.2 Å². The fraction of sp³-hybridized carbons (Fsp3) is 0.407. The number of anilines is 5. The van der Waals surface area contributed by atoms with E-state index in [1.165, 1.54) is 40.1 Å². The minimum atomic E-state index is -4.83. The van der Waals surface area contributed by atoms with Crippen LogP contribution in [0, 0.1) is 41.0 Å². The fourth-order valence-corrected chi connectivity index (χ4v) is 13.8. The van der Waals surface area contributed by atoms with Crippen LogP contribution in [-0.2, 0) is 51.3 Å². The van der Waals surface area contributed by atoms with E-state index in [1.807, 2.05) is 46.2 Å². The van der Waals surface area contributed by atoms with Crippen LogP contribution < -0.4 is 44.9 Å². The summed E-state index contributed by atoms with van der Waals surface area (Å²) in [5.41, 5.74) is 6.67. The fourth-order valence-electron chi connectivity index (χ4n) is 13.6. The number of ether oxygens (including phenoxy) is 4. The zero-order valence-corrected chi connectivity index (χ0v) is 67.8. The molecule has 22 nitrogen and oxygen atoms in total. The molecule has 2 saturated carbocycles. The molecule has 3 saturated heterocycles. The largest absolute Gasteiger partial charge is 0.489 e. The summed E-state index contributed by atoms with van der Waals surface area (Å²) >= 11 is 15.2. The number of benzene rings is 8. The van der Waals surface area contributed by atoms with Crippen molar-refractivity contribution in [3.63, 3.8) is 0 Å². The van der Waals surface area contributed by atoms with Gasteiger partial charge in [0.1, 0.15) is 60.7 Å². The van der Waals surface area contributed by atoms with Crippen LogP contribution in [0.2, 0.25) is 0 Å². The number of halogens is 9. The Morgan fingerprint density at radius 3 is 1.10 bits per heavy atom. The third-order valence-electron chi connectivity index (χ3n) is 20.3. The first-order valence-corrected chi connectivity index (χ1v) is 40.2. The number of hydrogen-bond acceptors (Lipinski definition) is 18. The molecule has 3 aliphatic heterocycles. The van der Waals surface area contributed by atoms with Gasteiger partial charge in [0.05, 0.1) is 27.9 Å². The Hall–Kier alpha value is -10.1. The zero-order chi connectivity index (χ0) is 84.0. The molecule has 5 aliphatic rings. The lowest BCUT2D eigenvalue weighted by Gasteiger charge is -2.36. The summed E-state index contributed by atoms with van der Waals surface area (Å²) in [5, 5.41) is 39.9. The smallest absolute Gasteiger partial charge is 0.423 e. The number of rotatable bonds is 23. The van der Waals surface area contributed by atoms with Gasteiger partial charge >= 0.3 is 12.4 Å². The number of alkyl halides is 8. The van der Waals surface area contributed by atoms with E-state index in [-0.39, 0.29) is 65.8 Å². The van der Waals surface area contributed by atoms with Gasteiger partial charge in [0.2, 0.25) is 17.1 Å². The number of nitrogens with zero attached hydrogens (tertiary/aromatic N) is 7. The van der Waals surface area contributed by atoms with E-state index in [0.717, 1.165) is 116 Å². The van der Waals surface area contributed by atoms with Crippen molar-refractivity contribution < 1.29 is 74.6 Å². The maximum atomic E-state index is 13.3. The third kappa shape index (κ3) is 29.8. The maximum Gasteiger partial charge on any atom is 0.423 e. The normalized spacial score (nSPS) is 17.5. The summed E-state index contributed by atoms with van der Waals surface area (Å²) in [6.07, 6.45) is -4.97. The van der Waals surface area contributed by atoms with Crippen LogP contribution in [-0.4, -0.2) is 163 Å². The van der Waals surface area contributed by atoms with Gasteiger partial charge in [-0.3, -0.25) is 34.6 Å². The van der Waals surface area contributed by atoms with Crippen molar-refractivity contribution in [3.05, 3.63) is 247 Å². The van der Waals surface area contributed by atoms with Gasteiger partial charge in [-0.2, -0.15) is 26.3 Å². The molecule has 31 heteroatoms. The first kappa shape index (κ1) is 90.8. The number of carbonyl (C=O) groups is 3. The highest BCUT2D eigenvalue weighted by molar-refractivity contribution is 6.67. The molecule has 628 valence electrons. The van der Waals surface area contributed by atoms with Crippen molar-refractivity contribution in [2.75, 3.05) is 122 Å². The summed E-state index contributed by atoms with van der Waals surface area (Å²) in [4.78, 5) is 64.1. The highest BCUT2D eigenvalue weighted by Crippen LogP contribution is 2.40. The molecule has 8 aromatic carbocycles. The molecule has 0 spiro atoms. The molecular formula is C86H99Cl3F6N10O12. The molecule has 2 aliphatic carbocycles. The highest BCUT2D eigenvalue weighted by Gasteiger charge is 2.40. The molecule has 117 heavy (non-hydrogen) atoms. The van der Waals surface area contributed by atoms with E-state index in [1.54, 1.807) is 0 Å². The lowest BCUT2D eigenvalue weighted by atomic mass is 9.92. The van der Waals surface area contributed by atoms with Gasteiger partial charge in [-0.05, 0) is 197 Å². The van der Waals surface area contributed by atoms with Crippen molar-refractivity contribution in [2.45, 2.75) is 129 Å². The lowest BCUT2D eigenvalue weighted by Crippen LogP contribution is -2.50. The second-order valence-electron chi connectivity index (χ2n) is 29.0. The van der Waals surface area contributed by atoms with Crippen LogP contribution in [0.25, 0.3) is 0 Å². The van der Waals surface area contributed by atoms with E-state index < -0.39 is 49.9 Å². The van der Waals surface area contributed by atoms with E-state index in [9.17, 15) is 66.1 Å². The number of amides is 2. The van der Waals surface area contributed by atoms with E-state index in [2.05, 4.69) is 161 Å². The summed E-state index contributed by atoms with van der Waals surface area (Å²) < 4.78 is 102. The quantitative estimate of drug-likeness (QED) is 0.0153. The molecule has 8 aromatic rings. The second-order valence-corrected chi connectivity index (χ2v) is 29.9. The number of nitro groups is 2. The molecule has 0 aromatic heterocycles. The molecule has 4 N–H and O–H groups in total. The van der Waals surface area contributed by atoms with Gasteiger partial charge in [-0.25, -0.2) is 0 Å². The van der Waals surface area contributed by atoms with Crippen molar-refractivity contribution >= 4 is 91.7 Å². The molecule has 13 rings (SSSR count). The standard InChI is InChI=1S/C33H37F3N4O5.C20H23ClN2O2.C18H22N2O.C13H15F3N2O3.C2H2Cl2O/c1-23-2-4-24(5-3-23)21-44-29-13-9-27(10-14-29)38-16-18-39(19-17-38)32(41)22-45-28-11-6-25(7-12-28)37-26-8-15-31(40(42)43)30(20-26)33(34,35)36;1-16-2-4-17(5-3-16)15-25-19-8-6-18(7-9-19)22-10-12-23(13-11-22)20(24)14-21;1-15-2-4-16(5-3-15)14-21-18-8-6-17(7-9-18)20-12-10-19-11-13-20;14-13(15,16)11-7-9(3-6-12(11)18(20)21)17-8-1-4-10(19)5-2-8;3-1-2(4)5/h2-5,8-10,13-15,20,25,28,37H,6-7,11-12,16-19,21-22H2,1H3;2-9H,10-15H2,1H3;2-9,19H,10-14H2,1H3;3,6-8,10,17,19H,1-2,4-5H2;1H2. The SMILES string of the molecule is Cc1ccc(COc2ccc(N3CCN(C(=O)CCl)CC3)cc2)cc1.Cc1ccc(COc2ccc(N3CCN(C(=O)COC4CCC(Nc5ccc([N+](=O)[O-])c(C(F)(F)F)c5)CC4)CC3)cc2)cc1.Cc1ccc(COc2ccc(N3CCNCC3)cc2)cc1.O=C(Cl)CCl.O=[N+]([O-])c1ccc(NC2CCC(O)CC2)cc1C(F)(F)F. The van der Waals surface area contributed by atoms with Gasteiger partial charge < -0.3 is 64.5 Å². The zero-order valence-electron chi connectivity index (χ0n) is 65.5. The number of aryl methyl sites for hydroxylation is 3. The van der Waals surface area contributed by atoms with E-state index in [4.69, 9.17) is 53.8 Å². The molecule has 0 radical (unpaired) electrons. The van der Waals surface area contributed by atoms with Crippen LogP contribution in [0.5, 0.6) is 17.2 Å². The number of nitro benzene ring substituents is 2. The Kier molecular flexibility index (Phi) is 34.9. The second kappa shape index (κ2) is 45.0. The Labute approximate surface area is 692 Å². The molecule has 0 atom stereocenters. The number of aliphatic hydroxyl groups is 1. The molecule has 5 fully saturated rings. The van der Waals surface area contributed by atoms with Crippen LogP contribution in [0.4, 0.5) is 66.2 Å². The number of carbonyl (C=O) groups excluding carboxylic acids is 3. The monoisotopic (exact) mass is 1680 g/mol. The highest BCUT2D eigenvalue weighted by atomic mass is 35.5. The Bertz CT molecular complexity index is 4430. The summed E-state index contributed by atoms with van der Waals surface area (Å²) in [5.74, 6) is 2.52. The van der Waals surface area contributed by atoms with Gasteiger partial charge in [-0.15, -0.1) is 23.2 Å². The summed E-state index contributed by atoms with van der Waals surface area (Å²) in [6, 6.07) is 55.4. The first-order chi connectivity index (χ1) is 56.0. The molecular weight excluding hydrogens is 1590 g/mol. The van der Waals surface area contributed by atoms with E-state index >= 15 is 0 Å². The maximum absolute atomic E-state index is 13.3. The van der Waals surface area contributed by atoms with Gasteiger partial charge in [0, 0.05) is 131 Å². The number of piperazine rings is 3. The number of hydrogen-bond donors (Lipinski definition) is 4. The average Bonchev–Trinajstić information content (AvgIpc) is 0.814. The third-order valence-corrected chi connectivity index (χ3v) is 21.1. The van der Waals surface area contributed by atoms with Crippen LogP contribution >= 0.6 is 34.8 Å². The minimum absolute atomic E-state index is 0.00687. The molecule has 2 amide bonds.